The number of likely N-dealkylation sites (tertiary alicyclic amines) is 1. The molecule has 0 saturated carbocycles. The third kappa shape index (κ3) is 4.90. The van der Waals surface area contributed by atoms with Crippen molar-refractivity contribution in [3.05, 3.63) is 33.0 Å². The van der Waals surface area contributed by atoms with Crippen LogP contribution in [0.25, 0.3) is 4.72 Å². The molecular weight excluding hydrogens is 417 g/mol. The van der Waals surface area contributed by atoms with Gasteiger partial charge in [0, 0.05) is 20.0 Å². The van der Waals surface area contributed by atoms with Gasteiger partial charge in [-0.05, 0) is 79.3 Å². The van der Waals surface area contributed by atoms with E-state index in [4.69, 9.17) is 0 Å². The summed E-state index contributed by atoms with van der Waals surface area (Å²) in [6, 6.07) is 1.46. The van der Waals surface area contributed by atoms with Crippen molar-refractivity contribution in [2.45, 2.75) is 63.5 Å². The van der Waals surface area contributed by atoms with Crippen LogP contribution in [0.5, 0.6) is 0 Å². The Hall–Kier alpha value is -0.454. The van der Waals surface area contributed by atoms with Crippen LogP contribution in [0.15, 0.2) is 6.07 Å². The minimum atomic E-state index is -3.90. The third-order valence-corrected chi connectivity index (χ3v) is 7.96. The molecule has 0 atom stereocenters. The summed E-state index contributed by atoms with van der Waals surface area (Å²) in [6.45, 7) is 2.25. The van der Waals surface area contributed by atoms with E-state index < -0.39 is 21.3 Å². The predicted molar refractivity (Wildman–Crippen MR) is 107 cm³/mol. The summed E-state index contributed by atoms with van der Waals surface area (Å²) in [5.41, 5.74) is 5.65. The molecule has 1 saturated heterocycles. The summed E-state index contributed by atoms with van der Waals surface area (Å²) in [6.07, 6.45) is 6.59. The first kappa shape index (κ1) is 23.2. The molecule has 3 aliphatic rings. The van der Waals surface area contributed by atoms with Crippen molar-refractivity contribution < 1.29 is 69.4 Å². The number of anilines is 1. The first-order valence-electron chi connectivity index (χ1n) is 10.0. The zero-order valence-electron chi connectivity index (χ0n) is 17.2. The fraction of sp³-hybridized carbons (Fsp3) is 0.600. The number of piperidine rings is 1. The van der Waals surface area contributed by atoms with Gasteiger partial charge in [-0.2, -0.15) is 0 Å². The van der Waals surface area contributed by atoms with E-state index in [1.165, 1.54) is 18.1 Å². The number of carbonyl (C=O) groups excluding carboxylic acids is 2. The Bertz CT molecular complexity index is 892. The Morgan fingerprint density at radius 1 is 1.03 bits per heavy atom. The summed E-state index contributed by atoms with van der Waals surface area (Å²) in [7, 11) is -3.90. The van der Waals surface area contributed by atoms with Gasteiger partial charge in [0.1, 0.15) is 0 Å². The minimum absolute atomic E-state index is 0. The van der Waals surface area contributed by atoms with Gasteiger partial charge in [0.05, 0.1) is 5.25 Å². The number of benzene rings is 1. The molecule has 0 unspecified atom stereocenters. The van der Waals surface area contributed by atoms with Gasteiger partial charge in [0.2, 0.25) is 5.91 Å². The van der Waals surface area contributed by atoms with Crippen LogP contribution in [0.3, 0.4) is 0 Å². The van der Waals surface area contributed by atoms with Crippen molar-refractivity contribution in [3.63, 3.8) is 0 Å². The molecule has 1 N–H and O–H groups in total. The van der Waals surface area contributed by atoms with Crippen LogP contribution in [-0.4, -0.2) is 43.6 Å². The maximum Gasteiger partial charge on any atom is 1.00 e. The average molecular weight is 444 g/mol. The summed E-state index contributed by atoms with van der Waals surface area (Å²) < 4.78 is 28.8. The van der Waals surface area contributed by atoms with E-state index in [1.54, 1.807) is 4.90 Å². The average Bonchev–Trinajstić information content (AvgIpc) is 3.30. The summed E-state index contributed by atoms with van der Waals surface area (Å²) in [5.74, 6) is -0.0580. The molecule has 1 aliphatic heterocycles. The molecule has 29 heavy (non-hydrogen) atoms. The number of nitrogens with zero attached hydrogens (tertiary/aromatic N) is 2. The zero-order valence-corrected chi connectivity index (χ0v) is 21.1. The van der Waals surface area contributed by atoms with Gasteiger partial charge in [-0.25, -0.2) is 8.42 Å². The Morgan fingerprint density at radius 3 is 2.10 bits per heavy atom. The number of urea groups is 1. The van der Waals surface area contributed by atoms with E-state index in [0.717, 1.165) is 55.3 Å². The normalized spacial score (nSPS) is 18.6. The van der Waals surface area contributed by atoms with E-state index >= 15 is 0 Å². The van der Waals surface area contributed by atoms with Crippen molar-refractivity contribution in [2.24, 2.45) is 0 Å². The molecule has 7 nitrogen and oxygen atoms in total. The van der Waals surface area contributed by atoms with Crippen LogP contribution >= 0.6 is 0 Å². The number of hydrogen-bond acceptors (Lipinski definition) is 4. The van der Waals surface area contributed by atoms with E-state index in [9.17, 15) is 18.0 Å². The summed E-state index contributed by atoms with van der Waals surface area (Å²) >= 11 is 0. The van der Waals surface area contributed by atoms with Crippen molar-refractivity contribution in [1.29, 1.82) is 0 Å². The number of fused-ring (bicyclic) bond motifs is 2. The van der Waals surface area contributed by atoms with Crippen LogP contribution in [0.2, 0.25) is 0 Å². The zero-order chi connectivity index (χ0) is 19.9. The number of amides is 3. The Labute approximate surface area is 214 Å². The van der Waals surface area contributed by atoms with Crippen LogP contribution in [0.4, 0.5) is 10.5 Å². The first-order valence-corrected chi connectivity index (χ1v) is 11.6. The number of aryl methyl sites for hydroxylation is 2. The minimum Gasteiger partial charge on any atom is -0.423 e. The molecule has 1 aromatic rings. The van der Waals surface area contributed by atoms with Crippen molar-refractivity contribution in [1.82, 2.24) is 4.90 Å². The van der Waals surface area contributed by atoms with Crippen molar-refractivity contribution in [2.75, 3.05) is 18.4 Å². The molecule has 0 aromatic heterocycles. The maximum atomic E-state index is 12.6. The topological polar surface area (TPSA) is 97.7 Å². The molecule has 0 bridgehead atoms. The van der Waals surface area contributed by atoms with E-state index in [1.807, 2.05) is 0 Å². The summed E-state index contributed by atoms with van der Waals surface area (Å²) in [5, 5.41) is 2.11. The van der Waals surface area contributed by atoms with Gasteiger partial charge in [-0.3, -0.25) is 9.59 Å². The molecule has 4 rings (SSSR count). The fourth-order valence-corrected chi connectivity index (χ4v) is 5.99. The van der Waals surface area contributed by atoms with Crippen LogP contribution < -0.4 is 56.7 Å². The van der Waals surface area contributed by atoms with Gasteiger partial charge in [-0.15, -0.1) is 0 Å². The number of sulfonamides is 1. The molecule has 3 amide bonds. The number of carbonyl (C=O) groups is 2. The van der Waals surface area contributed by atoms with Gasteiger partial charge >= 0.3 is 51.4 Å². The van der Waals surface area contributed by atoms with Gasteiger partial charge in [0.15, 0.2) is 16.1 Å². The van der Waals surface area contributed by atoms with Crippen LogP contribution in [-0.2, 0) is 40.5 Å². The molecule has 0 radical (unpaired) electrons. The molecule has 1 fully saturated rings. The second-order valence-electron chi connectivity index (χ2n) is 7.98. The van der Waals surface area contributed by atoms with Crippen LogP contribution in [0.1, 0.15) is 54.9 Å². The number of nitrogens with one attached hydrogen (secondary N) is 1. The molecule has 0 spiro atoms. The molecule has 152 valence electrons. The second kappa shape index (κ2) is 9.36. The standard InChI is InChI=1S/C20H27N3O4S.K/c1-13(24)23-10-8-16(9-11-23)28(26,27)22-20(25)21-19-17-6-2-4-14(17)12-15-5-3-7-18(15)19;/h12,16H,2-11H2,1H3,(H2,21,22,25);/q;+1/p-1. The number of rotatable bonds is 3. The quantitative estimate of drug-likeness (QED) is 0.661. The van der Waals surface area contributed by atoms with Crippen molar-refractivity contribution >= 4 is 27.6 Å². The largest absolute Gasteiger partial charge is 1.00 e. The smallest absolute Gasteiger partial charge is 0.423 e. The van der Waals surface area contributed by atoms with E-state index in [0.29, 0.717) is 25.9 Å². The second-order valence-corrected chi connectivity index (χ2v) is 9.86. The third-order valence-electron chi connectivity index (χ3n) is 6.22. The Balaban J connectivity index is 0.00000240. The predicted octanol–water partition coefficient (Wildman–Crippen LogP) is -0.0857. The molecule has 1 aromatic carbocycles. The van der Waals surface area contributed by atoms with Gasteiger partial charge < -0.3 is 14.9 Å². The van der Waals surface area contributed by atoms with Crippen LogP contribution in [0, 0.1) is 0 Å². The summed E-state index contributed by atoms with van der Waals surface area (Å²) in [4.78, 5) is 25.6. The monoisotopic (exact) mass is 443 g/mol. The fourth-order valence-electron chi connectivity index (χ4n) is 4.76. The maximum absolute atomic E-state index is 12.6. The molecule has 9 heteroatoms. The van der Waals surface area contributed by atoms with Gasteiger partial charge in [-0.1, -0.05) is 6.07 Å². The molecule has 1 heterocycles. The molecular formula is C20H26KN3O4S. The Kier molecular flexibility index (Phi) is 7.49. The number of hydrogen-bond donors (Lipinski definition) is 1. The first-order chi connectivity index (χ1) is 13.3. The molecule has 2 aliphatic carbocycles. The van der Waals surface area contributed by atoms with Gasteiger partial charge in [0.25, 0.3) is 0 Å². The van der Waals surface area contributed by atoms with E-state index in [2.05, 4.69) is 16.1 Å². The van der Waals surface area contributed by atoms with Crippen molar-refractivity contribution in [3.8, 4) is 0 Å². The SMILES string of the molecule is CC(=O)N1CCC(S(=O)(=O)[N-]C(=O)Nc2c3c(cc4c2CCC4)CCC3)CC1.[K+]. The van der Waals surface area contributed by atoms with E-state index in [-0.39, 0.29) is 57.3 Å². The Morgan fingerprint density at radius 2 is 1.59 bits per heavy atom.